The minimum absolute atomic E-state index is 0.664. The van der Waals surface area contributed by atoms with E-state index in [0.717, 1.165) is 16.5 Å². The van der Waals surface area contributed by atoms with Crippen LogP contribution in [-0.4, -0.2) is 22.8 Å². The Morgan fingerprint density at radius 3 is 2.50 bits per heavy atom. The minimum Gasteiger partial charge on any atom is -0.299 e. The number of nitriles is 1. The van der Waals surface area contributed by atoms with Crippen LogP contribution in [0.4, 0.5) is 0 Å². The third kappa shape index (κ3) is 3.35. The zero-order chi connectivity index (χ0) is 14.3. The summed E-state index contributed by atoms with van der Waals surface area (Å²) in [6.07, 6.45) is 4.14. The highest BCUT2D eigenvalue weighted by atomic mass is 32.2. The lowest BCUT2D eigenvalue weighted by Crippen LogP contribution is -2.39. The van der Waals surface area contributed by atoms with Crippen molar-refractivity contribution in [3.63, 3.8) is 0 Å². The molecule has 102 valence electrons. The largest absolute Gasteiger partial charge is 0.299 e. The van der Waals surface area contributed by atoms with Crippen LogP contribution in [0.2, 0.25) is 0 Å². The van der Waals surface area contributed by atoms with Gasteiger partial charge in [-0.2, -0.15) is 5.26 Å². The summed E-state index contributed by atoms with van der Waals surface area (Å²) >= 11 is 1.56. The van der Waals surface area contributed by atoms with Gasteiger partial charge in [0.15, 0.2) is 5.16 Å². The Balaban J connectivity index is 2.05. The van der Waals surface area contributed by atoms with Gasteiger partial charge in [0.05, 0.1) is 6.07 Å². The molecule has 2 rings (SSSR count). The van der Waals surface area contributed by atoms with Crippen LogP contribution in [0.25, 0.3) is 0 Å². The van der Waals surface area contributed by atoms with E-state index in [-0.39, 0.29) is 0 Å². The number of thioether (sulfide) groups is 1. The molecule has 1 aromatic heterocycles. The van der Waals surface area contributed by atoms with E-state index >= 15 is 0 Å². The molecule has 1 unspecified atom stereocenters. The average Bonchev–Trinajstić information content (AvgIpc) is 2.54. The topological polar surface area (TPSA) is 61.6 Å². The zero-order valence-corrected chi connectivity index (χ0v) is 12.1. The second kappa shape index (κ2) is 7.04. The number of benzene rings is 1. The third-order valence-electron chi connectivity index (χ3n) is 3.13. The minimum atomic E-state index is -0.664. The SMILES string of the molecule is CNC(C#N)(CCSc1ncccn1)c1ccccc1. The molecule has 5 heteroatoms. The molecule has 4 nitrogen and oxygen atoms in total. The van der Waals surface area contributed by atoms with E-state index in [1.807, 2.05) is 37.4 Å². The molecule has 0 bridgehead atoms. The average molecular weight is 284 g/mol. The lowest BCUT2D eigenvalue weighted by molar-refractivity contribution is 0.456. The number of rotatable bonds is 6. The molecular weight excluding hydrogens is 268 g/mol. The zero-order valence-electron chi connectivity index (χ0n) is 11.3. The fourth-order valence-corrected chi connectivity index (χ4v) is 2.83. The highest BCUT2D eigenvalue weighted by Crippen LogP contribution is 2.27. The second-order valence-corrected chi connectivity index (χ2v) is 5.33. The van der Waals surface area contributed by atoms with Gasteiger partial charge in [0.2, 0.25) is 0 Å². The molecule has 0 spiro atoms. The van der Waals surface area contributed by atoms with E-state index in [1.165, 1.54) is 0 Å². The first-order valence-electron chi connectivity index (χ1n) is 6.36. The van der Waals surface area contributed by atoms with E-state index < -0.39 is 5.54 Å². The van der Waals surface area contributed by atoms with Crippen molar-refractivity contribution in [2.24, 2.45) is 0 Å². The van der Waals surface area contributed by atoms with E-state index in [2.05, 4.69) is 21.4 Å². The van der Waals surface area contributed by atoms with Crippen LogP contribution < -0.4 is 5.32 Å². The lowest BCUT2D eigenvalue weighted by Gasteiger charge is -2.26. The Morgan fingerprint density at radius 1 is 1.20 bits per heavy atom. The van der Waals surface area contributed by atoms with E-state index in [9.17, 15) is 5.26 Å². The Hall–Kier alpha value is -1.90. The molecule has 0 aliphatic rings. The fraction of sp³-hybridized carbons (Fsp3) is 0.267. The molecule has 2 aromatic rings. The van der Waals surface area contributed by atoms with Crippen molar-refractivity contribution in [1.82, 2.24) is 15.3 Å². The summed E-state index contributed by atoms with van der Waals surface area (Å²) in [6.45, 7) is 0. The number of hydrogen-bond acceptors (Lipinski definition) is 5. The summed E-state index contributed by atoms with van der Waals surface area (Å²) in [6, 6.07) is 14.0. The predicted molar refractivity (Wildman–Crippen MR) is 80.2 cm³/mol. The van der Waals surface area contributed by atoms with E-state index in [4.69, 9.17) is 0 Å². The van der Waals surface area contributed by atoms with Gasteiger partial charge in [-0.3, -0.25) is 5.32 Å². The maximum absolute atomic E-state index is 9.57. The van der Waals surface area contributed by atoms with Gasteiger partial charge in [0.1, 0.15) is 5.54 Å². The Morgan fingerprint density at radius 2 is 1.90 bits per heavy atom. The van der Waals surface area contributed by atoms with Gasteiger partial charge in [0, 0.05) is 18.1 Å². The summed E-state index contributed by atoms with van der Waals surface area (Å²) < 4.78 is 0. The Bertz CT molecular complexity index is 567. The van der Waals surface area contributed by atoms with Crippen LogP contribution in [0, 0.1) is 11.3 Å². The first-order valence-corrected chi connectivity index (χ1v) is 7.35. The van der Waals surface area contributed by atoms with Crippen LogP contribution in [0.3, 0.4) is 0 Å². The van der Waals surface area contributed by atoms with Gasteiger partial charge in [-0.25, -0.2) is 9.97 Å². The van der Waals surface area contributed by atoms with Gasteiger partial charge in [-0.15, -0.1) is 0 Å². The van der Waals surface area contributed by atoms with Gasteiger partial charge in [-0.1, -0.05) is 42.1 Å². The molecule has 0 aliphatic carbocycles. The molecule has 0 amide bonds. The van der Waals surface area contributed by atoms with Gasteiger partial charge < -0.3 is 0 Å². The second-order valence-electron chi connectivity index (χ2n) is 4.26. The smallest absolute Gasteiger partial charge is 0.187 e. The van der Waals surface area contributed by atoms with Crippen LogP contribution >= 0.6 is 11.8 Å². The third-order valence-corrected chi connectivity index (χ3v) is 4.01. The summed E-state index contributed by atoms with van der Waals surface area (Å²) in [5.41, 5.74) is 0.322. The van der Waals surface area contributed by atoms with E-state index in [1.54, 1.807) is 30.2 Å². The van der Waals surface area contributed by atoms with Crippen molar-refractivity contribution in [1.29, 1.82) is 5.26 Å². The van der Waals surface area contributed by atoms with Crippen LogP contribution in [0.5, 0.6) is 0 Å². The summed E-state index contributed by atoms with van der Waals surface area (Å²) in [5, 5.41) is 13.5. The lowest BCUT2D eigenvalue weighted by atomic mass is 9.89. The van der Waals surface area contributed by atoms with Crippen molar-refractivity contribution in [3.8, 4) is 6.07 Å². The molecular formula is C15H16N4S. The molecule has 1 atom stereocenters. The molecule has 1 heterocycles. The van der Waals surface area contributed by atoms with Crippen LogP contribution in [-0.2, 0) is 5.54 Å². The van der Waals surface area contributed by atoms with Gasteiger partial charge in [-0.05, 0) is 25.1 Å². The van der Waals surface area contributed by atoms with Crippen LogP contribution in [0.15, 0.2) is 53.9 Å². The molecule has 1 N–H and O–H groups in total. The van der Waals surface area contributed by atoms with E-state index in [0.29, 0.717) is 6.42 Å². The molecule has 20 heavy (non-hydrogen) atoms. The Kier molecular flexibility index (Phi) is 5.10. The van der Waals surface area contributed by atoms with Crippen molar-refractivity contribution in [2.45, 2.75) is 17.1 Å². The summed E-state index contributed by atoms with van der Waals surface area (Å²) in [5.74, 6) is 0.771. The normalized spacial score (nSPS) is 13.4. The monoisotopic (exact) mass is 284 g/mol. The van der Waals surface area contributed by atoms with Gasteiger partial charge >= 0.3 is 0 Å². The predicted octanol–water partition coefficient (Wildman–Crippen LogP) is 2.60. The molecule has 1 aromatic carbocycles. The first kappa shape index (κ1) is 14.5. The Labute approximate surface area is 123 Å². The quantitative estimate of drug-likeness (QED) is 0.652. The van der Waals surface area contributed by atoms with Crippen molar-refractivity contribution in [2.75, 3.05) is 12.8 Å². The maximum Gasteiger partial charge on any atom is 0.187 e. The van der Waals surface area contributed by atoms with Crippen molar-refractivity contribution >= 4 is 11.8 Å². The van der Waals surface area contributed by atoms with Crippen LogP contribution in [0.1, 0.15) is 12.0 Å². The molecule has 0 fully saturated rings. The molecule has 0 aliphatic heterocycles. The molecule has 0 saturated heterocycles. The first-order chi connectivity index (χ1) is 9.80. The summed E-state index contributed by atoms with van der Waals surface area (Å²) in [7, 11) is 1.82. The molecule has 0 saturated carbocycles. The van der Waals surface area contributed by atoms with Gasteiger partial charge in [0.25, 0.3) is 0 Å². The fourth-order valence-electron chi connectivity index (χ4n) is 1.97. The van der Waals surface area contributed by atoms with Crippen molar-refractivity contribution in [3.05, 3.63) is 54.4 Å². The summed E-state index contributed by atoms with van der Waals surface area (Å²) in [4.78, 5) is 8.34. The number of nitrogens with zero attached hydrogens (tertiary/aromatic N) is 3. The number of hydrogen-bond donors (Lipinski definition) is 1. The highest BCUT2D eigenvalue weighted by Gasteiger charge is 2.29. The maximum atomic E-state index is 9.57. The highest BCUT2D eigenvalue weighted by molar-refractivity contribution is 7.99. The van der Waals surface area contributed by atoms with Crippen molar-refractivity contribution < 1.29 is 0 Å². The standard InChI is InChI=1S/C15H16N4S/c1-17-15(12-16,13-6-3-2-4-7-13)8-11-20-14-18-9-5-10-19-14/h2-7,9-10,17H,8,11H2,1H3. The number of nitrogens with one attached hydrogen (secondary N) is 1. The number of aromatic nitrogens is 2. The molecule has 0 radical (unpaired) electrons.